The molecule has 1 heterocycles. The maximum Gasteiger partial charge on any atom is 0.407 e. The number of carbonyl (C=O) groups excluding carboxylic acids is 1. The topological polar surface area (TPSA) is 41.6 Å². The van der Waals surface area contributed by atoms with Gasteiger partial charge in [-0.15, -0.1) is 0 Å². The summed E-state index contributed by atoms with van der Waals surface area (Å²) in [5.74, 6) is -0.170. The molecule has 5 heteroatoms. The van der Waals surface area contributed by atoms with Gasteiger partial charge < -0.3 is 10.1 Å². The van der Waals surface area contributed by atoms with Crippen molar-refractivity contribution in [1.29, 1.82) is 0 Å². The fraction of sp³-hybridized carbons (Fsp3) is 0.588. The number of nitrogens with zero attached hydrogens (tertiary/aromatic N) is 1. The van der Waals surface area contributed by atoms with Crippen molar-refractivity contribution in [2.45, 2.75) is 45.2 Å². The quantitative estimate of drug-likeness (QED) is 0.820. The zero-order valence-electron chi connectivity index (χ0n) is 13.2. The van der Waals surface area contributed by atoms with Crippen molar-refractivity contribution >= 4 is 6.09 Å². The number of hydrogen-bond donors (Lipinski definition) is 1. The number of ether oxygens (including phenoxy) is 1. The van der Waals surface area contributed by atoms with Gasteiger partial charge in [-0.1, -0.05) is 31.5 Å². The highest BCUT2D eigenvalue weighted by atomic mass is 19.1. The summed E-state index contributed by atoms with van der Waals surface area (Å²) in [5.41, 5.74) is 0.702. The molecule has 1 N–H and O–H groups in total. The largest absolute Gasteiger partial charge is 0.450 e. The molecule has 1 atom stereocenters. The number of hydrogen-bond acceptors (Lipinski definition) is 3. The van der Waals surface area contributed by atoms with Crippen LogP contribution >= 0.6 is 0 Å². The average molecular weight is 308 g/mol. The molecule has 1 aromatic carbocycles. The molecule has 0 saturated carbocycles. The second-order valence-corrected chi connectivity index (χ2v) is 5.80. The smallest absolute Gasteiger partial charge is 0.407 e. The van der Waals surface area contributed by atoms with Crippen LogP contribution in [0.1, 0.15) is 38.2 Å². The van der Waals surface area contributed by atoms with Gasteiger partial charge in [0.2, 0.25) is 0 Å². The predicted octanol–water partition coefficient (Wildman–Crippen LogP) is 3.32. The van der Waals surface area contributed by atoms with E-state index in [2.05, 4.69) is 17.1 Å². The Kier molecular flexibility index (Phi) is 6.65. The lowest BCUT2D eigenvalue weighted by molar-refractivity contribution is 0.126. The monoisotopic (exact) mass is 308 g/mol. The number of alkyl carbamates (subject to hydrolysis) is 1. The molecular weight excluding hydrogens is 283 g/mol. The molecule has 1 amide bonds. The molecule has 1 saturated heterocycles. The summed E-state index contributed by atoms with van der Waals surface area (Å²) in [5, 5.41) is 2.91. The van der Waals surface area contributed by atoms with Crippen LogP contribution in [0, 0.1) is 5.82 Å². The van der Waals surface area contributed by atoms with E-state index in [-0.39, 0.29) is 18.0 Å². The summed E-state index contributed by atoms with van der Waals surface area (Å²) in [6.07, 6.45) is 3.49. The maximum atomic E-state index is 13.7. The Hall–Kier alpha value is -1.62. The molecular formula is C17H25FN2O2. The van der Waals surface area contributed by atoms with E-state index in [1.807, 2.05) is 12.1 Å². The molecule has 0 unspecified atom stereocenters. The third-order valence-corrected chi connectivity index (χ3v) is 3.91. The summed E-state index contributed by atoms with van der Waals surface area (Å²) in [7, 11) is 0. The summed E-state index contributed by atoms with van der Waals surface area (Å²) >= 11 is 0. The third kappa shape index (κ3) is 5.30. The lowest BCUT2D eigenvalue weighted by atomic mass is 10.0. The number of carbonyl (C=O) groups is 1. The third-order valence-electron chi connectivity index (χ3n) is 3.91. The number of piperidine rings is 1. The first-order valence-corrected chi connectivity index (χ1v) is 8.08. The molecule has 1 aliphatic rings. The van der Waals surface area contributed by atoms with E-state index in [0.717, 1.165) is 38.8 Å². The fourth-order valence-corrected chi connectivity index (χ4v) is 2.70. The zero-order chi connectivity index (χ0) is 15.8. The highest BCUT2D eigenvalue weighted by Gasteiger charge is 2.22. The summed E-state index contributed by atoms with van der Waals surface area (Å²) in [6.45, 7) is 4.77. The number of nitrogens with one attached hydrogen (secondary N) is 1. The molecule has 0 spiro atoms. The molecule has 1 fully saturated rings. The van der Waals surface area contributed by atoms with Crippen LogP contribution in [0.15, 0.2) is 24.3 Å². The van der Waals surface area contributed by atoms with Crippen LogP contribution in [0.5, 0.6) is 0 Å². The molecule has 0 bridgehead atoms. The number of amides is 1. The fourth-order valence-electron chi connectivity index (χ4n) is 2.70. The minimum atomic E-state index is -0.341. The van der Waals surface area contributed by atoms with Gasteiger partial charge in [-0.3, -0.25) is 4.90 Å². The molecule has 1 aliphatic heterocycles. The van der Waals surface area contributed by atoms with Gasteiger partial charge in [0.15, 0.2) is 0 Å². The molecule has 0 radical (unpaired) electrons. The summed E-state index contributed by atoms with van der Waals surface area (Å²) in [6, 6.07) is 6.93. The number of benzene rings is 1. The van der Waals surface area contributed by atoms with Gasteiger partial charge in [0.05, 0.1) is 6.61 Å². The number of likely N-dealkylation sites (tertiary alicyclic amines) is 1. The molecule has 4 nitrogen and oxygen atoms in total. The predicted molar refractivity (Wildman–Crippen MR) is 84.1 cm³/mol. The van der Waals surface area contributed by atoms with E-state index >= 15 is 0 Å². The van der Waals surface area contributed by atoms with Crippen molar-refractivity contribution in [2.75, 3.05) is 19.7 Å². The molecule has 22 heavy (non-hydrogen) atoms. The average Bonchev–Trinajstić information content (AvgIpc) is 2.50. The van der Waals surface area contributed by atoms with Crippen LogP contribution in [-0.4, -0.2) is 36.7 Å². The van der Waals surface area contributed by atoms with Crippen molar-refractivity contribution in [3.8, 4) is 0 Å². The number of unbranched alkanes of at least 4 members (excludes halogenated alkanes) is 1. The SMILES string of the molecule is CCCCOC(=O)N[C@@H]1CCCN(Cc2ccccc2F)C1. The van der Waals surface area contributed by atoms with Gasteiger partial charge in [-0.05, 0) is 31.9 Å². The molecule has 1 aromatic rings. The molecule has 122 valence electrons. The van der Waals surface area contributed by atoms with Crippen molar-refractivity contribution < 1.29 is 13.9 Å². The van der Waals surface area contributed by atoms with Crippen LogP contribution in [0.2, 0.25) is 0 Å². The lowest BCUT2D eigenvalue weighted by Gasteiger charge is -2.33. The van der Waals surface area contributed by atoms with Gasteiger partial charge in [0.25, 0.3) is 0 Å². The van der Waals surface area contributed by atoms with E-state index < -0.39 is 0 Å². The van der Waals surface area contributed by atoms with Crippen molar-refractivity contribution in [3.05, 3.63) is 35.6 Å². The normalized spacial score (nSPS) is 18.9. The van der Waals surface area contributed by atoms with Crippen LogP contribution in [0.3, 0.4) is 0 Å². The Balaban J connectivity index is 1.79. The van der Waals surface area contributed by atoms with E-state index in [1.165, 1.54) is 6.07 Å². The van der Waals surface area contributed by atoms with E-state index in [1.54, 1.807) is 6.07 Å². The zero-order valence-corrected chi connectivity index (χ0v) is 13.2. The Morgan fingerprint density at radius 2 is 2.27 bits per heavy atom. The van der Waals surface area contributed by atoms with Crippen molar-refractivity contribution in [1.82, 2.24) is 10.2 Å². The van der Waals surface area contributed by atoms with Gasteiger partial charge >= 0.3 is 6.09 Å². The first-order chi connectivity index (χ1) is 10.7. The Morgan fingerprint density at radius 3 is 3.05 bits per heavy atom. The second kappa shape index (κ2) is 8.73. The van der Waals surface area contributed by atoms with Crippen molar-refractivity contribution in [2.24, 2.45) is 0 Å². The van der Waals surface area contributed by atoms with E-state index in [9.17, 15) is 9.18 Å². The second-order valence-electron chi connectivity index (χ2n) is 5.80. The highest BCUT2D eigenvalue weighted by Crippen LogP contribution is 2.15. The van der Waals surface area contributed by atoms with Gasteiger partial charge in [-0.25, -0.2) is 9.18 Å². The van der Waals surface area contributed by atoms with Gasteiger partial charge in [-0.2, -0.15) is 0 Å². The van der Waals surface area contributed by atoms with Crippen LogP contribution in [-0.2, 0) is 11.3 Å². The minimum Gasteiger partial charge on any atom is -0.450 e. The maximum absolute atomic E-state index is 13.7. The summed E-state index contributed by atoms with van der Waals surface area (Å²) < 4.78 is 18.8. The lowest BCUT2D eigenvalue weighted by Crippen LogP contribution is -2.47. The first kappa shape index (κ1) is 16.7. The first-order valence-electron chi connectivity index (χ1n) is 8.08. The van der Waals surface area contributed by atoms with E-state index in [4.69, 9.17) is 4.74 Å². The van der Waals surface area contributed by atoms with Gasteiger partial charge in [0.1, 0.15) is 5.82 Å². The van der Waals surface area contributed by atoms with Crippen molar-refractivity contribution in [3.63, 3.8) is 0 Å². The standard InChI is InChI=1S/C17H25FN2O2/c1-2-3-11-22-17(21)19-15-8-6-10-20(13-15)12-14-7-4-5-9-16(14)18/h4-5,7,9,15H,2-3,6,8,10-13H2,1H3,(H,19,21)/t15-/m1/s1. The minimum absolute atomic E-state index is 0.0784. The Labute approximate surface area is 131 Å². The molecule has 0 aliphatic carbocycles. The molecule has 0 aromatic heterocycles. The Bertz CT molecular complexity index is 481. The van der Waals surface area contributed by atoms with Gasteiger partial charge in [0, 0.05) is 24.7 Å². The highest BCUT2D eigenvalue weighted by molar-refractivity contribution is 5.67. The van der Waals surface area contributed by atoms with Crippen LogP contribution in [0.4, 0.5) is 9.18 Å². The Morgan fingerprint density at radius 1 is 1.45 bits per heavy atom. The van der Waals surface area contributed by atoms with E-state index in [0.29, 0.717) is 18.7 Å². The number of rotatable bonds is 6. The van der Waals surface area contributed by atoms with Crippen LogP contribution in [0.25, 0.3) is 0 Å². The molecule has 2 rings (SSSR count). The van der Waals surface area contributed by atoms with Crippen LogP contribution < -0.4 is 5.32 Å². The summed E-state index contributed by atoms with van der Waals surface area (Å²) in [4.78, 5) is 13.9. The number of halogens is 1.